The number of nitrogens with zero attached hydrogens (tertiary/aromatic N) is 3. The number of hydrogen-bond acceptors (Lipinski definition) is 6. The molecule has 0 fully saturated rings. The fraction of sp³-hybridized carbons (Fsp3) is 0.0952. The summed E-state index contributed by atoms with van der Waals surface area (Å²) in [5.41, 5.74) is 17.1. The highest BCUT2D eigenvalue weighted by Gasteiger charge is 2.12. The number of carbonyl (C=O) groups excluding carboxylic acids is 1. The Morgan fingerprint density at radius 3 is 2.67 bits per heavy atom. The van der Waals surface area contributed by atoms with Crippen molar-refractivity contribution in [1.82, 2.24) is 20.7 Å². The Kier molecular flexibility index (Phi) is 6.33. The first kappa shape index (κ1) is 20.5. The summed E-state index contributed by atoms with van der Waals surface area (Å²) in [7, 11) is 0. The van der Waals surface area contributed by atoms with Gasteiger partial charge in [0.25, 0.3) is 5.91 Å². The molecule has 0 aliphatic carbocycles. The molecule has 0 unspecified atom stereocenters. The van der Waals surface area contributed by atoms with E-state index in [2.05, 4.69) is 25.8 Å². The van der Waals surface area contributed by atoms with Crippen molar-refractivity contribution in [2.45, 2.75) is 13.5 Å². The van der Waals surface area contributed by atoms with Crippen LogP contribution in [-0.2, 0) is 6.54 Å². The smallest absolute Gasteiger partial charge is 0.251 e. The van der Waals surface area contributed by atoms with Crippen LogP contribution < -0.4 is 22.2 Å². The van der Waals surface area contributed by atoms with Crippen LogP contribution in [0.3, 0.4) is 0 Å². The fourth-order valence-corrected chi connectivity index (χ4v) is 2.70. The van der Waals surface area contributed by atoms with E-state index in [1.807, 2.05) is 36.4 Å². The maximum absolute atomic E-state index is 12.6. The molecule has 3 rings (SSSR count). The van der Waals surface area contributed by atoms with Gasteiger partial charge in [0.1, 0.15) is 5.69 Å². The van der Waals surface area contributed by atoms with E-state index in [0.29, 0.717) is 34.8 Å². The minimum absolute atomic E-state index is 0.187. The molecule has 0 aliphatic heterocycles. The Balaban J connectivity index is 1.81. The van der Waals surface area contributed by atoms with Crippen molar-refractivity contribution < 1.29 is 4.79 Å². The molecular weight excluding hydrogens is 380 g/mol. The van der Waals surface area contributed by atoms with Gasteiger partial charge in [0, 0.05) is 17.7 Å². The number of amides is 1. The van der Waals surface area contributed by atoms with E-state index in [0.717, 1.165) is 5.56 Å². The standard InChI is InChI=1S/C21H22N8O/c1-13(28-29-21(23)24)18-19(22)25-12-17(27-18)15-8-5-9-16(10-15)20(30)26-11-14-6-3-2-4-7-14/h2-10,12H,11H2,1H3,(H2,22,25)(H,26,30)(H4,23,24,29)/b28-13+. The van der Waals surface area contributed by atoms with E-state index in [-0.39, 0.29) is 17.7 Å². The van der Waals surface area contributed by atoms with Crippen LogP contribution in [0.1, 0.15) is 28.5 Å². The lowest BCUT2D eigenvalue weighted by Crippen LogP contribution is -2.26. The van der Waals surface area contributed by atoms with Gasteiger partial charge in [0.05, 0.1) is 17.6 Å². The van der Waals surface area contributed by atoms with Crippen molar-refractivity contribution in [3.05, 3.63) is 77.6 Å². The quantitative estimate of drug-likeness (QED) is 0.241. The zero-order valence-corrected chi connectivity index (χ0v) is 16.4. The summed E-state index contributed by atoms with van der Waals surface area (Å²) in [5.74, 6) is -0.291. The van der Waals surface area contributed by atoms with E-state index in [1.54, 1.807) is 25.1 Å². The average Bonchev–Trinajstić information content (AvgIpc) is 2.77. The van der Waals surface area contributed by atoms with Crippen LogP contribution in [-0.4, -0.2) is 27.5 Å². The van der Waals surface area contributed by atoms with Crippen LogP contribution in [0.5, 0.6) is 0 Å². The predicted molar refractivity (Wildman–Crippen MR) is 117 cm³/mol. The Morgan fingerprint density at radius 1 is 1.17 bits per heavy atom. The maximum Gasteiger partial charge on any atom is 0.251 e. The van der Waals surface area contributed by atoms with Crippen LogP contribution in [0, 0.1) is 5.41 Å². The molecule has 7 N–H and O–H groups in total. The number of carbonyl (C=O) groups is 1. The SMILES string of the molecule is C/C(=N\NC(=N)N)c1nc(-c2cccc(C(=O)NCc3ccccc3)c2)cnc1N. The van der Waals surface area contributed by atoms with Crippen LogP contribution >= 0.6 is 0 Å². The van der Waals surface area contributed by atoms with Gasteiger partial charge in [-0.3, -0.25) is 10.2 Å². The second-order valence-electron chi connectivity index (χ2n) is 6.46. The molecule has 0 spiro atoms. The van der Waals surface area contributed by atoms with Crippen molar-refractivity contribution in [2.75, 3.05) is 5.73 Å². The molecule has 0 radical (unpaired) electrons. The maximum atomic E-state index is 12.6. The van der Waals surface area contributed by atoms with E-state index < -0.39 is 0 Å². The van der Waals surface area contributed by atoms with Gasteiger partial charge in [-0.25, -0.2) is 15.4 Å². The lowest BCUT2D eigenvalue weighted by atomic mass is 10.1. The van der Waals surface area contributed by atoms with Gasteiger partial charge in [-0.1, -0.05) is 42.5 Å². The molecule has 1 aromatic heterocycles. The summed E-state index contributed by atoms with van der Waals surface area (Å²) in [5, 5.41) is 14.1. The molecular formula is C21H22N8O. The van der Waals surface area contributed by atoms with Crippen molar-refractivity contribution in [2.24, 2.45) is 10.8 Å². The summed E-state index contributed by atoms with van der Waals surface area (Å²) >= 11 is 0. The summed E-state index contributed by atoms with van der Waals surface area (Å²) in [6, 6.07) is 16.8. The first-order chi connectivity index (χ1) is 14.4. The summed E-state index contributed by atoms with van der Waals surface area (Å²) in [6.07, 6.45) is 1.53. The van der Waals surface area contributed by atoms with Crippen molar-refractivity contribution in [1.29, 1.82) is 5.41 Å². The zero-order valence-electron chi connectivity index (χ0n) is 16.4. The average molecular weight is 402 g/mol. The molecule has 152 valence electrons. The molecule has 0 atom stereocenters. The number of guanidine groups is 1. The summed E-state index contributed by atoms with van der Waals surface area (Å²) in [4.78, 5) is 21.2. The number of nitrogens with two attached hydrogens (primary N) is 2. The number of aromatic nitrogens is 2. The fourth-order valence-electron chi connectivity index (χ4n) is 2.70. The minimum atomic E-state index is -0.300. The van der Waals surface area contributed by atoms with Gasteiger partial charge < -0.3 is 16.8 Å². The molecule has 30 heavy (non-hydrogen) atoms. The molecule has 3 aromatic rings. The van der Waals surface area contributed by atoms with Crippen LogP contribution in [0.25, 0.3) is 11.3 Å². The number of nitrogens with one attached hydrogen (secondary N) is 3. The van der Waals surface area contributed by atoms with Gasteiger partial charge in [0.2, 0.25) is 5.96 Å². The van der Waals surface area contributed by atoms with Crippen LogP contribution in [0.4, 0.5) is 5.82 Å². The minimum Gasteiger partial charge on any atom is -0.382 e. The predicted octanol–water partition coefficient (Wildman–Crippen LogP) is 1.86. The molecule has 0 saturated carbocycles. The Hall–Kier alpha value is -4.27. The van der Waals surface area contributed by atoms with E-state index in [1.165, 1.54) is 6.20 Å². The number of benzene rings is 2. The summed E-state index contributed by atoms with van der Waals surface area (Å²) in [6.45, 7) is 2.11. The van der Waals surface area contributed by atoms with Crippen molar-refractivity contribution in [3.8, 4) is 11.3 Å². The lowest BCUT2D eigenvalue weighted by Gasteiger charge is -2.09. The Bertz CT molecular complexity index is 1100. The lowest BCUT2D eigenvalue weighted by molar-refractivity contribution is 0.0951. The first-order valence-corrected chi connectivity index (χ1v) is 9.14. The van der Waals surface area contributed by atoms with Gasteiger partial charge in [-0.05, 0) is 24.6 Å². The zero-order chi connectivity index (χ0) is 21.5. The van der Waals surface area contributed by atoms with Crippen molar-refractivity contribution in [3.63, 3.8) is 0 Å². The molecule has 9 nitrogen and oxygen atoms in total. The third-order valence-electron chi connectivity index (χ3n) is 4.20. The molecule has 2 aromatic carbocycles. The second kappa shape index (κ2) is 9.28. The van der Waals surface area contributed by atoms with Gasteiger partial charge >= 0.3 is 0 Å². The molecule has 0 saturated heterocycles. The van der Waals surface area contributed by atoms with Gasteiger partial charge in [0.15, 0.2) is 5.82 Å². The monoisotopic (exact) mass is 402 g/mol. The first-order valence-electron chi connectivity index (χ1n) is 9.14. The third-order valence-corrected chi connectivity index (χ3v) is 4.20. The van der Waals surface area contributed by atoms with E-state index in [4.69, 9.17) is 16.9 Å². The molecule has 0 aliphatic rings. The number of nitrogen functional groups attached to an aromatic ring is 1. The van der Waals surface area contributed by atoms with Crippen molar-refractivity contribution >= 4 is 23.4 Å². The van der Waals surface area contributed by atoms with E-state index in [9.17, 15) is 4.79 Å². The molecule has 1 heterocycles. The third kappa shape index (κ3) is 5.16. The second-order valence-corrected chi connectivity index (χ2v) is 6.46. The number of hydrogen-bond donors (Lipinski definition) is 5. The highest BCUT2D eigenvalue weighted by molar-refractivity contribution is 6.01. The molecule has 9 heteroatoms. The largest absolute Gasteiger partial charge is 0.382 e. The Labute approximate surface area is 173 Å². The van der Waals surface area contributed by atoms with Crippen LogP contribution in [0.2, 0.25) is 0 Å². The van der Waals surface area contributed by atoms with Crippen LogP contribution in [0.15, 0.2) is 65.9 Å². The normalized spacial score (nSPS) is 11.0. The number of anilines is 1. The highest BCUT2D eigenvalue weighted by atomic mass is 16.1. The van der Waals surface area contributed by atoms with Gasteiger partial charge in [-0.2, -0.15) is 5.10 Å². The highest BCUT2D eigenvalue weighted by Crippen LogP contribution is 2.20. The summed E-state index contributed by atoms with van der Waals surface area (Å²) < 4.78 is 0. The Morgan fingerprint density at radius 2 is 1.93 bits per heavy atom. The number of rotatable bonds is 6. The topological polar surface area (TPSA) is 155 Å². The van der Waals surface area contributed by atoms with Gasteiger partial charge in [-0.15, -0.1) is 0 Å². The molecule has 0 bridgehead atoms. The van der Waals surface area contributed by atoms with E-state index >= 15 is 0 Å². The molecule has 1 amide bonds. The number of hydrazone groups is 1.